The Kier molecular flexibility index (Phi) is 21.8. The molecule has 2 heteroatoms. The molecule has 4 aliphatic rings. The molecule has 2 saturated heterocycles. The van der Waals surface area contributed by atoms with Gasteiger partial charge in [0.25, 0.3) is 0 Å². The highest BCUT2D eigenvalue weighted by Crippen LogP contribution is 2.57. The summed E-state index contributed by atoms with van der Waals surface area (Å²) < 4.78 is 10.1. The zero-order valence-electron chi connectivity index (χ0n) is 49.8. The number of ether oxygens (including phenoxy) is 2. The van der Waals surface area contributed by atoms with Crippen molar-refractivity contribution in [2.75, 3.05) is 26.4 Å². The monoisotopic (exact) mass is 997 g/mol. The van der Waals surface area contributed by atoms with Gasteiger partial charge in [-0.1, -0.05) is 255 Å². The van der Waals surface area contributed by atoms with Gasteiger partial charge in [0.05, 0.1) is 31.8 Å². The first-order chi connectivity index (χ1) is 35.3. The fourth-order valence-corrected chi connectivity index (χ4v) is 10.9. The van der Waals surface area contributed by atoms with Crippen molar-refractivity contribution in [3.05, 3.63) is 178 Å². The van der Waals surface area contributed by atoms with Gasteiger partial charge in [0, 0.05) is 10.8 Å². The Hall–Kier alpha value is -4.76. The van der Waals surface area contributed by atoms with Gasteiger partial charge in [-0.25, -0.2) is 0 Å². The Labute approximate surface area is 453 Å². The van der Waals surface area contributed by atoms with Crippen LogP contribution in [0, 0.1) is 55.3 Å². The largest absolute Gasteiger partial charge is 0.380 e. The number of hydrogen-bond acceptors (Lipinski definition) is 2. The molecule has 74 heavy (non-hydrogen) atoms. The standard InChI is InChI=1S/C41H34.C9H18.C8H18.2C6H12O.C2H6/c1-27-15-21-35-36-22-16-28(2)24-40(36)41(39(35)23-27,33-19-17-29(3)37(25-33)31-11-7-5-8-12-31)34-20-18-30(4)38(26-34)32-13-9-6-10-14-32;1-4-9(3)6-5-8(2)7-9;1-5-8(4,6-2)7-3;2*1-3-6(2)4-7-5-6;1-2/h5-26H,1-4H3;8H,4-7H2,1-3H3;5-7H2,1-4H3;2*3-5H2,1-2H3;1-2H3. The minimum absolute atomic E-state index is 0.447. The van der Waals surface area contributed by atoms with Gasteiger partial charge in [-0.2, -0.15) is 0 Å². The van der Waals surface area contributed by atoms with Crippen molar-refractivity contribution in [1.82, 2.24) is 0 Å². The molecule has 10 rings (SSSR count). The van der Waals surface area contributed by atoms with E-state index in [2.05, 4.69) is 237 Å². The van der Waals surface area contributed by atoms with Crippen LogP contribution in [0.15, 0.2) is 133 Å². The fourth-order valence-electron chi connectivity index (χ4n) is 10.9. The molecule has 6 aromatic carbocycles. The highest BCUT2D eigenvalue weighted by molar-refractivity contribution is 5.88. The third kappa shape index (κ3) is 14.2. The quantitative estimate of drug-likeness (QED) is 0.136. The molecule has 2 unspecified atom stereocenters. The maximum atomic E-state index is 5.03. The molecule has 0 N–H and O–H groups in total. The molecule has 0 bridgehead atoms. The smallest absolute Gasteiger partial charge is 0.0714 e. The minimum Gasteiger partial charge on any atom is -0.380 e. The zero-order chi connectivity index (χ0) is 54.3. The van der Waals surface area contributed by atoms with Gasteiger partial charge in [-0.3, -0.25) is 0 Å². The molecule has 0 spiro atoms. The van der Waals surface area contributed by atoms with E-state index in [4.69, 9.17) is 9.47 Å². The predicted molar refractivity (Wildman–Crippen MR) is 324 cm³/mol. The van der Waals surface area contributed by atoms with Crippen LogP contribution < -0.4 is 0 Å². The lowest BCUT2D eigenvalue weighted by molar-refractivity contribution is -0.103. The molecular weight excluding hydrogens is 897 g/mol. The molecule has 400 valence electrons. The Morgan fingerprint density at radius 3 is 1.11 bits per heavy atom. The van der Waals surface area contributed by atoms with Gasteiger partial charge >= 0.3 is 0 Å². The maximum absolute atomic E-state index is 5.03. The van der Waals surface area contributed by atoms with Crippen LogP contribution in [0.2, 0.25) is 0 Å². The highest BCUT2D eigenvalue weighted by Gasteiger charge is 2.47. The molecule has 2 nitrogen and oxygen atoms in total. The van der Waals surface area contributed by atoms with Crippen LogP contribution in [-0.4, -0.2) is 26.4 Å². The molecule has 1 saturated carbocycles. The fraction of sp³-hybridized carbons (Fsp3) is 0.500. The highest BCUT2D eigenvalue weighted by atomic mass is 16.5. The SMILES string of the molecule is CC.CCC(C)(CC)CC.CCC1(C)CCC(C)C1.CCC1(C)COC1.CCC1(C)COC1.Cc1ccc2c(c1)C(c1ccc(C)c(-c3ccccc3)c1)(c1ccc(C)c(-c3ccccc3)c1)c1cc(C)ccc1-2. The van der Waals surface area contributed by atoms with Crippen molar-refractivity contribution in [2.45, 2.75) is 181 Å². The molecule has 0 radical (unpaired) electrons. The first-order valence-electron chi connectivity index (χ1n) is 29.1. The second-order valence-electron chi connectivity index (χ2n) is 23.8. The summed E-state index contributed by atoms with van der Waals surface area (Å²) in [6, 6.07) is 49.9. The summed E-state index contributed by atoms with van der Waals surface area (Å²) >= 11 is 0. The molecule has 2 heterocycles. The molecule has 3 fully saturated rings. The second kappa shape index (κ2) is 26.8. The number of aryl methyl sites for hydroxylation is 4. The lowest BCUT2D eigenvalue weighted by atomic mass is 9.66. The Morgan fingerprint density at radius 2 is 0.851 bits per heavy atom. The average Bonchev–Trinajstić information content (AvgIpc) is 3.91. The second-order valence-corrected chi connectivity index (χ2v) is 23.8. The van der Waals surface area contributed by atoms with E-state index in [0.29, 0.717) is 21.7 Å². The number of benzene rings is 6. The summed E-state index contributed by atoms with van der Waals surface area (Å²) in [7, 11) is 0. The first-order valence-corrected chi connectivity index (χ1v) is 29.1. The molecule has 0 amide bonds. The maximum Gasteiger partial charge on any atom is 0.0714 e. The summed E-state index contributed by atoms with van der Waals surface area (Å²) in [6.07, 6.45) is 12.2. The Bertz CT molecular complexity index is 2460. The lowest BCUT2D eigenvalue weighted by Crippen LogP contribution is -2.38. The summed E-state index contributed by atoms with van der Waals surface area (Å²) in [5.74, 6) is 0.995. The number of rotatable bonds is 10. The van der Waals surface area contributed by atoms with Crippen LogP contribution >= 0.6 is 0 Å². The zero-order valence-corrected chi connectivity index (χ0v) is 49.8. The normalized spacial score (nSPS) is 19.0. The van der Waals surface area contributed by atoms with Crippen LogP contribution in [-0.2, 0) is 14.9 Å². The molecule has 0 aromatic heterocycles. The number of hydrogen-bond donors (Lipinski definition) is 0. The van der Waals surface area contributed by atoms with Crippen LogP contribution in [0.5, 0.6) is 0 Å². The van der Waals surface area contributed by atoms with Crippen LogP contribution in [0.1, 0.15) is 192 Å². The Balaban J connectivity index is 0.000000246. The van der Waals surface area contributed by atoms with E-state index in [9.17, 15) is 0 Å². The third-order valence-electron chi connectivity index (χ3n) is 18.0. The molecule has 2 aliphatic heterocycles. The minimum atomic E-state index is -0.447. The summed E-state index contributed by atoms with van der Waals surface area (Å²) in [6.45, 7) is 42.0. The van der Waals surface area contributed by atoms with E-state index in [0.717, 1.165) is 32.3 Å². The topological polar surface area (TPSA) is 18.5 Å². The van der Waals surface area contributed by atoms with Crippen molar-refractivity contribution in [1.29, 1.82) is 0 Å². The van der Waals surface area contributed by atoms with E-state index in [1.54, 1.807) is 0 Å². The van der Waals surface area contributed by atoms with Crippen molar-refractivity contribution in [3.63, 3.8) is 0 Å². The van der Waals surface area contributed by atoms with Crippen molar-refractivity contribution < 1.29 is 9.47 Å². The van der Waals surface area contributed by atoms with Crippen molar-refractivity contribution in [2.24, 2.45) is 27.6 Å². The van der Waals surface area contributed by atoms with E-state index in [1.165, 1.54) is 136 Å². The van der Waals surface area contributed by atoms with Gasteiger partial charge in [0.2, 0.25) is 0 Å². The van der Waals surface area contributed by atoms with Gasteiger partial charge in [0.1, 0.15) is 0 Å². The predicted octanol–water partition coefficient (Wildman–Crippen LogP) is 21.0. The van der Waals surface area contributed by atoms with Gasteiger partial charge in [-0.05, 0) is 149 Å². The molecule has 6 aromatic rings. The molecule has 2 aliphatic carbocycles. The van der Waals surface area contributed by atoms with E-state index >= 15 is 0 Å². The number of fused-ring (bicyclic) bond motifs is 3. The summed E-state index contributed by atoms with van der Waals surface area (Å²) in [5, 5.41) is 0. The van der Waals surface area contributed by atoms with Gasteiger partial charge < -0.3 is 9.47 Å². The van der Waals surface area contributed by atoms with E-state index < -0.39 is 5.41 Å². The van der Waals surface area contributed by atoms with Crippen molar-refractivity contribution >= 4 is 0 Å². The Morgan fingerprint density at radius 1 is 0.473 bits per heavy atom. The van der Waals surface area contributed by atoms with Gasteiger partial charge in [-0.15, -0.1) is 0 Å². The lowest BCUT2D eigenvalue weighted by Gasteiger charge is -2.36. The first kappa shape index (κ1) is 60.1. The van der Waals surface area contributed by atoms with Crippen LogP contribution in [0.25, 0.3) is 33.4 Å². The summed E-state index contributed by atoms with van der Waals surface area (Å²) in [4.78, 5) is 0. The van der Waals surface area contributed by atoms with E-state index in [-0.39, 0.29) is 0 Å². The summed E-state index contributed by atoms with van der Waals surface area (Å²) in [5.41, 5.74) is 20.2. The van der Waals surface area contributed by atoms with Crippen LogP contribution in [0.4, 0.5) is 0 Å². The van der Waals surface area contributed by atoms with Crippen LogP contribution in [0.3, 0.4) is 0 Å². The molecular formula is C72H100O2. The van der Waals surface area contributed by atoms with E-state index in [1.807, 2.05) is 13.8 Å². The van der Waals surface area contributed by atoms with Gasteiger partial charge in [0.15, 0.2) is 0 Å². The van der Waals surface area contributed by atoms with Crippen molar-refractivity contribution in [3.8, 4) is 33.4 Å². The average molecular weight is 998 g/mol. The molecule has 2 atom stereocenters. The third-order valence-corrected chi connectivity index (χ3v) is 18.0.